The van der Waals surface area contributed by atoms with Gasteiger partial charge >= 0.3 is 6.09 Å². The summed E-state index contributed by atoms with van der Waals surface area (Å²) in [7, 11) is 3.99. The summed E-state index contributed by atoms with van der Waals surface area (Å²) >= 11 is 1.70. The third-order valence-electron chi connectivity index (χ3n) is 7.04. The molecule has 1 saturated heterocycles. The second kappa shape index (κ2) is 13.9. The van der Waals surface area contributed by atoms with Crippen LogP contribution in [0.2, 0.25) is 18.1 Å². The normalized spacial score (nSPS) is 20.8. The molecule has 0 aliphatic carbocycles. The van der Waals surface area contributed by atoms with Crippen molar-refractivity contribution in [3.8, 4) is 5.75 Å². The van der Waals surface area contributed by atoms with Crippen molar-refractivity contribution < 1.29 is 18.7 Å². The minimum absolute atomic E-state index is 0.0709. The molecule has 1 amide bonds. The lowest BCUT2D eigenvalue weighted by Gasteiger charge is -2.38. The molecule has 2 rings (SSSR count). The highest BCUT2D eigenvalue weighted by Crippen LogP contribution is 2.36. The van der Waals surface area contributed by atoms with Crippen LogP contribution in [0.5, 0.6) is 5.75 Å². The van der Waals surface area contributed by atoms with Gasteiger partial charge in [0.15, 0.2) is 8.32 Å². The molecule has 0 spiro atoms. The van der Waals surface area contributed by atoms with Crippen LogP contribution in [0.15, 0.2) is 24.3 Å². The van der Waals surface area contributed by atoms with Crippen LogP contribution < -0.4 is 4.74 Å². The van der Waals surface area contributed by atoms with Gasteiger partial charge in [-0.25, -0.2) is 13.4 Å². The monoisotopic (exact) mass is 525 g/mol. The van der Waals surface area contributed by atoms with E-state index in [4.69, 9.17) is 13.9 Å². The molecule has 7 nitrogen and oxygen atoms in total. The number of hydrogen-bond acceptors (Lipinski definition) is 7. The largest absolute Gasteiger partial charge is 0.497 e. The van der Waals surface area contributed by atoms with E-state index in [1.165, 1.54) is 5.56 Å². The summed E-state index contributed by atoms with van der Waals surface area (Å²) in [6, 6.07) is 11.6. The van der Waals surface area contributed by atoms with Crippen molar-refractivity contribution in [1.82, 2.24) is 13.5 Å². The van der Waals surface area contributed by atoms with Gasteiger partial charge in [-0.1, -0.05) is 32.9 Å². The Bertz CT molecular complexity index is 768. The van der Waals surface area contributed by atoms with Gasteiger partial charge < -0.3 is 13.9 Å². The molecule has 0 aromatic heterocycles. The average molecular weight is 526 g/mol. The van der Waals surface area contributed by atoms with Crippen LogP contribution in [0.25, 0.3) is 0 Å². The molecule has 9 heteroatoms. The number of carbonyl (C=O) groups excluding carboxylic acids is 1. The fraction of sp³-hybridized carbons (Fsp3) is 0.731. The predicted molar refractivity (Wildman–Crippen MR) is 148 cm³/mol. The third-order valence-corrected chi connectivity index (χ3v) is 12.6. The maximum absolute atomic E-state index is 13.2. The molecule has 3 atom stereocenters. The second-order valence-electron chi connectivity index (χ2n) is 9.93. The summed E-state index contributed by atoms with van der Waals surface area (Å²) in [5, 5.41) is 0. The number of rotatable bonds is 13. The van der Waals surface area contributed by atoms with Crippen molar-refractivity contribution in [2.75, 3.05) is 27.8 Å². The van der Waals surface area contributed by atoms with Crippen LogP contribution in [0, 0.1) is 0 Å². The first-order chi connectivity index (χ1) is 16.6. The summed E-state index contributed by atoms with van der Waals surface area (Å²) in [5.41, 5.74) is 1.20. The quantitative estimate of drug-likeness (QED) is 0.230. The standard InChI is InChI=1S/C26H47N3O4SSi/c1-10-35(11-2,12-3)32-19-25-24(17-21(6)29(25)26(30)33-20(4)5)28(34-27(7)8)18-22-13-15-23(31-9)16-14-22/h13-16,20-21,24-25H,10-12,17-19H2,1-9H3/t21-,24+,25+/m1/s1. The number of methoxy groups -OCH3 is 1. The minimum Gasteiger partial charge on any atom is -0.497 e. The van der Waals surface area contributed by atoms with Crippen LogP contribution in [-0.4, -0.2) is 80.0 Å². The van der Waals surface area contributed by atoms with Crippen molar-refractivity contribution in [3.63, 3.8) is 0 Å². The van der Waals surface area contributed by atoms with Gasteiger partial charge in [0.2, 0.25) is 0 Å². The number of likely N-dealkylation sites (tertiary alicyclic amines) is 1. The van der Waals surface area contributed by atoms with Gasteiger partial charge in [0.05, 0.1) is 25.9 Å². The van der Waals surface area contributed by atoms with Gasteiger partial charge in [-0.15, -0.1) is 0 Å². The number of amides is 1. The van der Waals surface area contributed by atoms with Crippen LogP contribution in [0.1, 0.15) is 53.5 Å². The van der Waals surface area contributed by atoms with Crippen molar-refractivity contribution in [1.29, 1.82) is 0 Å². The minimum atomic E-state index is -1.81. The van der Waals surface area contributed by atoms with Gasteiger partial charge in [0.25, 0.3) is 0 Å². The predicted octanol–water partition coefficient (Wildman–Crippen LogP) is 6.02. The zero-order chi connectivity index (χ0) is 26.2. The molecular weight excluding hydrogens is 478 g/mol. The van der Waals surface area contributed by atoms with Crippen LogP contribution >= 0.6 is 12.1 Å². The molecule has 1 aliphatic rings. The Kier molecular flexibility index (Phi) is 11.9. The van der Waals surface area contributed by atoms with Crippen molar-refractivity contribution in [3.05, 3.63) is 29.8 Å². The maximum atomic E-state index is 13.2. The Balaban J connectivity index is 2.37. The highest BCUT2D eigenvalue weighted by Gasteiger charge is 2.47. The zero-order valence-corrected chi connectivity index (χ0v) is 25.1. The Labute approximate surface area is 218 Å². The van der Waals surface area contributed by atoms with Gasteiger partial charge in [-0.3, -0.25) is 4.90 Å². The first kappa shape index (κ1) is 30.0. The van der Waals surface area contributed by atoms with Crippen LogP contribution in [-0.2, 0) is 15.7 Å². The third kappa shape index (κ3) is 8.11. The van der Waals surface area contributed by atoms with Gasteiger partial charge in [0, 0.05) is 30.8 Å². The van der Waals surface area contributed by atoms with Crippen LogP contribution in [0.4, 0.5) is 4.79 Å². The Hall–Kier alpha value is -1.26. The lowest BCUT2D eigenvalue weighted by molar-refractivity contribution is 0.0484. The molecule has 0 N–H and O–H groups in total. The molecule has 200 valence electrons. The van der Waals surface area contributed by atoms with Gasteiger partial charge in [0.1, 0.15) is 5.75 Å². The van der Waals surface area contributed by atoms with Gasteiger partial charge in [-0.05, 0) is 77.1 Å². The highest BCUT2D eigenvalue weighted by molar-refractivity contribution is 7.94. The molecule has 1 aromatic rings. The van der Waals surface area contributed by atoms with Crippen molar-refractivity contribution in [2.45, 2.75) is 96.9 Å². The molecule has 0 bridgehead atoms. The van der Waals surface area contributed by atoms with E-state index in [1.54, 1.807) is 19.2 Å². The summed E-state index contributed by atoms with van der Waals surface area (Å²) in [6.45, 7) is 14.0. The molecule has 1 aromatic carbocycles. The molecular formula is C26H47N3O4SSi. The molecule has 0 saturated carbocycles. The van der Waals surface area contributed by atoms with Crippen molar-refractivity contribution in [2.24, 2.45) is 0 Å². The second-order valence-corrected chi connectivity index (χ2v) is 16.1. The van der Waals surface area contributed by atoms with E-state index in [0.29, 0.717) is 6.61 Å². The van der Waals surface area contributed by atoms with E-state index in [-0.39, 0.29) is 30.3 Å². The SMILES string of the molecule is CC[Si](CC)(CC)OC[C@H]1[C@@H](N(Cc2ccc(OC)cc2)SN(C)C)C[C@@H](C)N1C(=O)OC(C)C. The molecule has 35 heavy (non-hydrogen) atoms. The molecule has 1 aliphatic heterocycles. The number of ether oxygens (including phenoxy) is 2. The lowest BCUT2D eigenvalue weighted by atomic mass is 10.1. The highest BCUT2D eigenvalue weighted by atomic mass is 32.2. The van der Waals surface area contributed by atoms with Crippen LogP contribution in [0.3, 0.4) is 0 Å². The Morgan fingerprint density at radius 2 is 1.74 bits per heavy atom. The van der Waals surface area contributed by atoms with Crippen molar-refractivity contribution >= 4 is 26.5 Å². The van der Waals surface area contributed by atoms with E-state index in [1.807, 2.05) is 30.9 Å². The number of nitrogens with zero attached hydrogens (tertiary/aromatic N) is 3. The summed E-state index contributed by atoms with van der Waals surface area (Å²) in [4.78, 5) is 15.2. The van der Waals surface area contributed by atoms with E-state index < -0.39 is 8.32 Å². The smallest absolute Gasteiger partial charge is 0.410 e. The zero-order valence-electron chi connectivity index (χ0n) is 23.2. The summed E-state index contributed by atoms with van der Waals surface area (Å²) in [6.07, 6.45) is 0.480. The summed E-state index contributed by atoms with van der Waals surface area (Å²) in [5.74, 6) is 0.851. The molecule has 1 heterocycles. The first-order valence-electron chi connectivity index (χ1n) is 13.0. The number of hydrogen-bond donors (Lipinski definition) is 0. The van der Waals surface area contributed by atoms with E-state index >= 15 is 0 Å². The first-order valence-corrected chi connectivity index (χ1v) is 16.2. The topological polar surface area (TPSA) is 54.5 Å². The molecule has 1 fully saturated rings. The Morgan fingerprint density at radius 3 is 2.23 bits per heavy atom. The van der Waals surface area contributed by atoms with Gasteiger partial charge in [-0.2, -0.15) is 0 Å². The number of benzene rings is 1. The van der Waals surface area contributed by atoms with E-state index in [2.05, 4.69) is 62.5 Å². The average Bonchev–Trinajstić information content (AvgIpc) is 3.16. The van der Waals surface area contributed by atoms with E-state index in [0.717, 1.165) is 36.8 Å². The number of carbonyl (C=O) groups is 1. The lowest BCUT2D eigenvalue weighted by Crippen LogP contribution is -2.51. The maximum Gasteiger partial charge on any atom is 0.410 e. The van der Waals surface area contributed by atoms with E-state index in [9.17, 15) is 4.79 Å². The Morgan fingerprint density at radius 1 is 1.14 bits per heavy atom. The fourth-order valence-corrected chi connectivity index (χ4v) is 8.47. The molecule has 0 radical (unpaired) electrons. The summed E-state index contributed by atoms with van der Waals surface area (Å²) < 4.78 is 22.3. The fourth-order valence-electron chi connectivity index (χ4n) is 4.86. The molecule has 0 unspecified atom stereocenters.